The fourth-order valence-corrected chi connectivity index (χ4v) is 2.03. The number of nitrogens with zero attached hydrogens (tertiary/aromatic N) is 2. The molecule has 106 valence electrons. The van der Waals surface area contributed by atoms with Crippen molar-refractivity contribution in [1.82, 2.24) is 15.2 Å². The highest BCUT2D eigenvalue weighted by Gasteiger charge is 2.11. The van der Waals surface area contributed by atoms with Crippen molar-refractivity contribution >= 4 is 27.3 Å². The number of benzene rings is 1. The van der Waals surface area contributed by atoms with Crippen LogP contribution in [-0.4, -0.2) is 35.8 Å². The molecular weight excluding hydrogens is 282 g/mol. The van der Waals surface area contributed by atoms with Crippen LogP contribution in [0.3, 0.4) is 0 Å². The third-order valence-corrected chi connectivity index (χ3v) is 2.85. The third kappa shape index (κ3) is 3.79. The average molecular weight is 295 g/mol. The van der Waals surface area contributed by atoms with Gasteiger partial charge in [-0.2, -0.15) is 0 Å². The smallest absolute Gasteiger partial charge is 0.295 e. The van der Waals surface area contributed by atoms with Gasteiger partial charge in [-0.05, 0) is 31.2 Å². The quantitative estimate of drug-likeness (QED) is 0.769. The summed E-state index contributed by atoms with van der Waals surface area (Å²) in [6.07, 6.45) is 1.06. The Labute approximate surface area is 115 Å². The second kappa shape index (κ2) is 5.29. The Morgan fingerprint density at radius 3 is 2.30 bits per heavy atom. The third-order valence-electron chi connectivity index (χ3n) is 2.25. The van der Waals surface area contributed by atoms with Gasteiger partial charge in [0, 0.05) is 11.4 Å². The lowest BCUT2D eigenvalue weighted by Crippen LogP contribution is -2.14. The van der Waals surface area contributed by atoms with E-state index in [1.165, 1.54) is 0 Å². The zero-order valence-electron chi connectivity index (χ0n) is 10.8. The molecule has 0 aliphatic carbocycles. The van der Waals surface area contributed by atoms with Gasteiger partial charge in [0.1, 0.15) is 5.82 Å². The Kier molecular flexibility index (Phi) is 3.70. The Hall–Kier alpha value is -2.42. The minimum absolute atomic E-state index is 0.0424. The van der Waals surface area contributed by atoms with Crippen LogP contribution in [0.4, 0.5) is 11.4 Å². The second-order valence-electron chi connectivity index (χ2n) is 4.15. The molecule has 1 aromatic heterocycles. The minimum Gasteiger partial charge on any atom is -0.319 e. The summed E-state index contributed by atoms with van der Waals surface area (Å²) in [6, 6.07) is 6.23. The van der Waals surface area contributed by atoms with Gasteiger partial charge in [0.05, 0.1) is 6.26 Å². The molecule has 0 aliphatic rings. The standard InChI is InChI=1S/C11H13N5O3S/c1-7-12-10(15-14-7)11(17)13-8-3-5-9(6-4-8)16-20(2,18)19/h3-6,16H,1-2H3,(H,13,17)(H,12,14,15). The summed E-state index contributed by atoms with van der Waals surface area (Å²) < 4.78 is 24.4. The summed E-state index contributed by atoms with van der Waals surface area (Å²) in [5, 5.41) is 8.91. The maximum atomic E-state index is 11.8. The fourth-order valence-electron chi connectivity index (χ4n) is 1.47. The molecule has 0 unspecified atom stereocenters. The summed E-state index contributed by atoms with van der Waals surface area (Å²) in [6.45, 7) is 1.69. The molecule has 3 N–H and O–H groups in total. The zero-order valence-corrected chi connectivity index (χ0v) is 11.7. The highest BCUT2D eigenvalue weighted by Crippen LogP contribution is 2.14. The number of anilines is 2. The number of H-pyrrole nitrogens is 1. The van der Waals surface area contributed by atoms with Crippen molar-refractivity contribution in [3.8, 4) is 0 Å². The number of hydrogen-bond donors (Lipinski definition) is 3. The molecule has 9 heteroatoms. The maximum absolute atomic E-state index is 11.8. The van der Waals surface area contributed by atoms with Gasteiger partial charge in [-0.15, -0.1) is 5.10 Å². The molecule has 20 heavy (non-hydrogen) atoms. The molecule has 0 bridgehead atoms. The predicted octanol–water partition coefficient (Wildman–Crippen LogP) is 0.737. The van der Waals surface area contributed by atoms with E-state index in [0.717, 1.165) is 6.26 Å². The highest BCUT2D eigenvalue weighted by atomic mass is 32.2. The normalized spacial score (nSPS) is 11.1. The lowest BCUT2D eigenvalue weighted by molar-refractivity contribution is 0.101. The number of carbonyl (C=O) groups excluding carboxylic acids is 1. The van der Waals surface area contributed by atoms with Crippen LogP contribution in [0, 0.1) is 6.92 Å². The molecule has 1 heterocycles. The van der Waals surface area contributed by atoms with E-state index in [1.54, 1.807) is 31.2 Å². The first-order chi connectivity index (χ1) is 9.33. The number of rotatable bonds is 4. The van der Waals surface area contributed by atoms with E-state index in [4.69, 9.17) is 0 Å². The second-order valence-corrected chi connectivity index (χ2v) is 5.90. The zero-order chi connectivity index (χ0) is 14.8. The monoisotopic (exact) mass is 295 g/mol. The SMILES string of the molecule is Cc1nc(C(=O)Nc2ccc(NS(C)(=O)=O)cc2)n[nH]1. The van der Waals surface area contributed by atoms with Gasteiger partial charge < -0.3 is 5.32 Å². The molecule has 2 aromatic rings. The molecule has 1 aromatic carbocycles. The van der Waals surface area contributed by atoms with Crippen molar-refractivity contribution in [3.63, 3.8) is 0 Å². The van der Waals surface area contributed by atoms with Crippen LogP contribution in [-0.2, 0) is 10.0 Å². The number of sulfonamides is 1. The van der Waals surface area contributed by atoms with Gasteiger partial charge in [0.15, 0.2) is 0 Å². The van der Waals surface area contributed by atoms with Crippen LogP contribution in [0.5, 0.6) is 0 Å². The molecule has 0 saturated heterocycles. The van der Waals surface area contributed by atoms with Crippen molar-refractivity contribution in [2.75, 3.05) is 16.3 Å². The van der Waals surface area contributed by atoms with Crippen molar-refractivity contribution in [1.29, 1.82) is 0 Å². The number of amides is 1. The summed E-state index contributed by atoms with van der Waals surface area (Å²) in [5.74, 6) is 0.141. The van der Waals surface area contributed by atoms with Gasteiger partial charge in [0.2, 0.25) is 15.8 Å². The van der Waals surface area contributed by atoms with E-state index in [9.17, 15) is 13.2 Å². The molecule has 0 spiro atoms. The summed E-state index contributed by atoms with van der Waals surface area (Å²) in [5.41, 5.74) is 0.927. The maximum Gasteiger partial charge on any atom is 0.295 e. The lowest BCUT2D eigenvalue weighted by atomic mass is 10.3. The van der Waals surface area contributed by atoms with E-state index in [1.807, 2.05) is 0 Å². The Morgan fingerprint density at radius 1 is 1.20 bits per heavy atom. The summed E-state index contributed by atoms with van der Waals surface area (Å²) in [4.78, 5) is 15.7. The van der Waals surface area contributed by atoms with Crippen molar-refractivity contribution in [3.05, 3.63) is 35.9 Å². The Balaban J connectivity index is 2.06. The van der Waals surface area contributed by atoms with Gasteiger partial charge in [-0.1, -0.05) is 0 Å². The van der Waals surface area contributed by atoms with Crippen LogP contribution in [0.2, 0.25) is 0 Å². The first kappa shape index (κ1) is 14.0. The fraction of sp³-hybridized carbons (Fsp3) is 0.182. The molecule has 0 radical (unpaired) electrons. The minimum atomic E-state index is -3.31. The first-order valence-electron chi connectivity index (χ1n) is 5.62. The van der Waals surface area contributed by atoms with Crippen LogP contribution in [0.25, 0.3) is 0 Å². The van der Waals surface area contributed by atoms with E-state index < -0.39 is 15.9 Å². The highest BCUT2D eigenvalue weighted by molar-refractivity contribution is 7.92. The van der Waals surface area contributed by atoms with Crippen molar-refractivity contribution < 1.29 is 13.2 Å². The van der Waals surface area contributed by atoms with Crippen molar-refractivity contribution in [2.45, 2.75) is 6.92 Å². The molecule has 8 nitrogen and oxygen atoms in total. The number of aromatic nitrogens is 3. The summed E-state index contributed by atoms with van der Waals surface area (Å²) in [7, 11) is -3.31. The van der Waals surface area contributed by atoms with Crippen LogP contribution in [0.15, 0.2) is 24.3 Å². The van der Waals surface area contributed by atoms with E-state index in [-0.39, 0.29) is 5.82 Å². The Morgan fingerprint density at radius 2 is 1.80 bits per heavy atom. The summed E-state index contributed by atoms with van der Waals surface area (Å²) >= 11 is 0. The van der Waals surface area contributed by atoms with Crippen molar-refractivity contribution in [2.24, 2.45) is 0 Å². The predicted molar refractivity (Wildman–Crippen MR) is 74.0 cm³/mol. The first-order valence-corrected chi connectivity index (χ1v) is 7.51. The van der Waals surface area contributed by atoms with Gasteiger partial charge in [0.25, 0.3) is 5.91 Å². The lowest BCUT2D eigenvalue weighted by Gasteiger charge is -2.06. The molecule has 0 atom stereocenters. The van der Waals surface area contributed by atoms with E-state index in [2.05, 4.69) is 25.2 Å². The van der Waals surface area contributed by atoms with Crippen LogP contribution < -0.4 is 10.0 Å². The number of nitrogens with one attached hydrogen (secondary N) is 3. The van der Waals surface area contributed by atoms with E-state index in [0.29, 0.717) is 17.2 Å². The molecule has 2 rings (SSSR count). The number of hydrogen-bond acceptors (Lipinski definition) is 5. The number of aryl methyl sites for hydroxylation is 1. The average Bonchev–Trinajstić information content (AvgIpc) is 2.77. The number of carbonyl (C=O) groups is 1. The largest absolute Gasteiger partial charge is 0.319 e. The topological polar surface area (TPSA) is 117 Å². The molecule has 0 saturated carbocycles. The van der Waals surface area contributed by atoms with Gasteiger partial charge in [-0.25, -0.2) is 13.4 Å². The Bertz CT molecular complexity index is 721. The number of aromatic amines is 1. The molecule has 0 aliphatic heterocycles. The van der Waals surface area contributed by atoms with Crippen LogP contribution >= 0.6 is 0 Å². The molecule has 0 fully saturated rings. The van der Waals surface area contributed by atoms with E-state index >= 15 is 0 Å². The molecule has 1 amide bonds. The molecular formula is C11H13N5O3S. The van der Waals surface area contributed by atoms with Crippen LogP contribution in [0.1, 0.15) is 16.4 Å². The van der Waals surface area contributed by atoms with Gasteiger partial charge in [-0.3, -0.25) is 14.6 Å². The van der Waals surface area contributed by atoms with Gasteiger partial charge >= 0.3 is 0 Å².